The van der Waals surface area contributed by atoms with Crippen LogP contribution in [0.4, 0.5) is 5.69 Å². The predicted molar refractivity (Wildman–Crippen MR) is 128 cm³/mol. The molecule has 35 heavy (non-hydrogen) atoms. The Kier molecular flexibility index (Phi) is 6.48. The van der Waals surface area contributed by atoms with Gasteiger partial charge in [0.15, 0.2) is 0 Å². The Balaban J connectivity index is 1.24. The standard InChI is InChI=1S/C26H30N5O4/c1-35-22-9-7-21(8-10-22)29-15-16-30-24(33)25(34)31(27-26(29)30)18-23(32)28-13-11-20(12-14-28)17-19-5-3-2-4-6-19/h2-10,20,26H,11-18H2,1H3/q+1. The number of carbonyl (C=O) groups excluding carboxylic acids is 3. The number of likely N-dealkylation sites (tertiary alicyclic amines) is 1. The number of methoxy groups -OCH3 is 1. The number of azo groups is 2. The van der Waals surface area contributed by atoms with E-state index in [9.17, 15) is 14.4 Å². The molecule has 5 rings (SSSR count). The van der Waals surface area contributed by atoms with Crippen molar-refractivity contribution in [3.8, 4) is 5.75 Å². The summed E-state index contributed by atoms with van der Waals surface area (Å²) in [5.74, 6) is -0.262. The second-order valence-electron chi connectivity index (χ2n) is 9.23. The summed E-state index contributed by atoms with van der Waals surface area (Å²) in [4.78, 5) is 43.7. The molecule has 2 fully saturated rings. The number of nitrogens with zero attached hydrogens (tertiary/aromatic N) is 5. The zero-order chi connectivity index (χ0) is 24.4. The highest BCUT2D eigenvalue weighted by Gasteiger charge is 2.50. The highest BCUT2D eigenvalue weighted by atomic mass is 16.5. The average molecular weight is 477 g/mol. The van der Waals surface area contributed by atoms with E-state index in [1.54, 1.807) is 12.0 Å². The minimum absolute atomic E-state index is 0.171. The molecule has 182 valence electrons. The van der Waals surface area contributed by atoms with Gasteiger partial charge in [-0.25, -0.2) is 4.79 Å². The third kappa shape index (κ3) is 4.76. The van der Waals surface area contributed by atoms with Crippen LogP contribution in [0, 0.1) is 5.92 Å². The Bertz CT molecular complexity index is 1130. The normalized spacial score (nSPS) is 20.7. The van der Waals surface area contributed by atoms with E-state index in [1.807, 2.05) is 35.2 Å². The van der Waals surface area contributed by atoms with Gasteiger partial charge in [0.1, 0.15) is 5.75 Å². The first-order valence-electron chi connectivity index (χ1n) is 12.1. The van der Waals surface area contributed by atoms with Gasteiger partial charge < -0.3 is 14.5 Å². The van der Waals surface area contributed by atoms with Crippen molar-refractivity contribution in [2.24, 2.45) is 11.0 Å². The van der Waals surface area contributed by atoms with Crippen LogP contribution >= 0.6 is 0 Å². The number of rotatable bonds is 6. The van der Waals surface area contributed by atoms with Gasteiger partial charge in [-0.05, 0) is 59.7 Å². The minimum atomic E-state index is -0.745. The van der Waals surface area contributed by atoms with Gasteiger partial charge in [0.2, 0.25) is 0 Å². The zero-order valence-electron chi connectivity index (χ0n) is 19.9. The van der Waals surface area contributed by atoms with Gasteiger partial charge in [0, 0.05) is 37.0 Å². The van der Waals surface area contributed by atoms with Crippen LogP contribution in [0.25, 0.3) is 0 Å². The van der Waals surface area contributed by atoms with Crippen LogP contribution < -0.4 is 9.64 Å². The molecule has 2 aromatic carbocycles. The molecule has 0 bridgehead atoms. The summed E-state index contributed by atoms with van der Waals surface area (Å²) in [6.45, 7) is 2.05. The highest BCUT2D eigenvalue weighted by Crippen LogP contribution is 2.28. The fraction of sp³-hybridized carbons (Fsp3) is 0.423. The Hall–Kier alpha value is -3.75. The number of hydrogen-bond acceptors (Lipinski definition) is 6. The number of fused-ring (bicyclic) bond motifs is 1. The van der Waals surface area contributed by atoms with Crippen molar-refractivity contribution in [3.05, 3.63) is 60.2 Å². The van der Waals surface area contributed by atoms with E-state index in [4.69, 9.17) is 4.74 Å². The number of anilines is 1. The zero-order valence-corrected chi connectivity index (χ0v) is 19.9. The van der Waals surface area contributed by atoms with E-state index in [0.29, 0.717) is 32.1 Å². The van der Waals surface area contributed by atoms with Crippen molar-refractivity contribution in [1.29, 1.82) is 0 Å². The smallest absolute Gasteiger partial charge is 0.497 e. The molecule has 0 aliphatic carbocycles. The van der Waals surface area contributed by atoms with E-state index in [2.05, 4.69) is 29.4 Å². The summed E-state index contributed by atoms with van der Waals surface area (Å²) in [6, 6.07) is 17.9. The van der Waals surface area contributed by atoms with Crippen molar-refractivity contribution in [1.82, 2.24) is 9.80 Å². The maximum Gasteiger partial charge on any atom is 0.502 e. The molecule has 0 aromatic heterocycles. The Morgan fingerprint density at radius 1 is 0.971 bits per heavy atom. The first kappa shape index (κ1) is 23.0. The van der Waals surface area contributed by atoms with Gasteiger partial charge in [0.05, 0.1) is 7.11 Å². The van der Waals surface area contributed by atoms with Gasteiger partial charge >= 0.3 is 11.8 Å². The van der Waals surface area contributed by atoms with Crippen molar-refractivity contribution in [2.45, 2.75) is 25.6 Å². The molecule has 1 unspecified atom stereocenters. The van der Waals surface area contributed by atoms with E-state index in [1.165, 1.54) is 10.5 Å². The molecule has 0 spiro atoms. The quantitative estimate of drug-likeness (QED) is 0.471. The number of carbonyl (C=O) groups is 3. The number of piperidine rings is 1. The third-order valence-corrected chi connectivity index (χ3v) is 7.08. The minimum Gasteiger partial charge on any atom is -0.497 e. The molecule has 0 N–H and O–H groups in total. The third-order valence-electron chi connectivity index (χ3n) is 7.08. The number of amides is 3. The molecule has 1 atom stereocenters. The first-order valence-corrected chi connectivity index (χ1v) is 12.1. The van der Waals surface area contributed by atoms with Crippen LogP contribution in [0.2, 0.25) is 0 Å². The van der Waals surface area contributed by atoms with Gasteiger partial charge in [-0.3, -0.25) is 14.5 Å². The number of benzene rings is 2. The van der Waals surface area contributed by atoms with Crippen LogP contribution in [0.15, 0.2) is 59.7 Å². The lowest BCUT2D eigenvalue weighted by Gasteiger charge is -2.31. The topological polar surface area (TPSA) is 85.5 Å². The maximum absolute atomic E-state index is 13.0. The summed E-state index contributed by atoms with van der Waals surface area (Å²) in [5, 5.41) is 4.52. The molecule has 2 saturated heterocycles. The van der Waals surface area contributed by atoms with Crippen molar-refractivity contribution >= 4 is 23.4 Å². The molecule has 3 aliphatic rings. The summed E-state index contributed by atoms with van der Waals surface area (Å²) in [6.07, 6.45) is 2.22. The predicted octanol–water partition coefficient (Wildman–Crippen LogP) is 2.11. The van der Waals surface area contributed by atoms with Crippen molar-refractivity contribution in [3.63, 3.8) is 0 Å². The van der Waals surface area contributed by atoms with Gasteiger partial charge in [-0.15, -0.1) is 0 Å². The molecule has 9 heteroatoms. The lowest BCUT2D eigenvalue weighted by Crippen LogP contribution is -2.53. The van der Waals surface area contributed by atoms with Crippen LogP contribution in [0.3, 0.4) is 0 Å². The molecule has 3 amide bonds. The largest absolute Gasteiger partial charge is 0.502 e. The number of hydrogen-bond donors (Lipinski definition) is 0. The van der Waals surface area contributed by atoms with E-state index < -0.39 is 18.1 Å². The molecule has 3 heterocycles. The van der Waals surface area contributed by atoms with Crippen LogP contribution in [0.1, 0.15) is 18.4 Å². The average Bonchev–Trinajstić information content (AvgIpc) is 3.32. The molecule has 0 radical (unpaired) electrons. The summed E-state index contributed by atoms with van der Waals surface area (Å²) in [5.41, 5.74) is 2.19. The van der Waals surface area contributed by atoms with Crippen molar-refractivity contribution in [2.75, 3.05) is 44.7 Å². The maximum atomic E-state index is 13.0. The molecule has 3 aliphatic heterocycles. The lowest BCUT2D eigenvalue weighted by molar-refractivity contribution is -0.510. The highest BCUT2D eigenvalue weighted by molar-refractivity contribution is 6.31. The summed E-state index contributed by atoms with van der Waals surface area (Å²) in [7, 11) is 1.61. The van der Waals surface area contributed by atoms with Gasteiger partial charge in [-0.2, -0.15) is 0 Å². The fourth-order valence-corrected chi connectivity index (χ4v) is 5.07. The first-order chi connectivity index (χ1) is 17.0. The monoisotopic (exact) mass is 476 g/mol. The summed E-state index contributed by atoms with van der Waals surface area (Å²) >= 11 is 0. The van der Waals surface area contributed by atoms with Crippen LogP contribution in [-0.4, -0.2) is 78.3 Å². The van der Waals surface area contributed by atoms with Crippen LogP contribution in [-0.2, 0) is 20.8 Å². The molecular formula is C26H30N5O4+. The lowest BCUT2D eigenvalue weighted by atomic mass is 9.90. The van der Waals surface area contributed by atoms with Crippen LogP contribution in [0.5, 0.6) is 5.75 Å². The van der Waals surface area contributed by atoms with E-state index in [-0.39, 0.29) is 12.5 Å². The Labute approximate surface area is 204 Å². The number of ether oxygens (including phenoxy) is 1. The molecular weight excluding hydrogens is 446 g/mol. The van der Waals surface area contributed by atoms with Crippen molar-refractivity contribution < 1.29 is 23.8 Å². The molecule has 9 nitrogen and oxygen atoms in total. The molecule has 2 aromatic rings. The van der Waals surface area contributed by atoms with Gasteiger partial charge in [-0.1, -0.05) is 30.3 Å². The Morgan fingerprint density at radius 3 is 2.34 bits per heavy atom. The van der Waals surface area contributed by atoms with E-state index in [0.717, 1.165) is 35.4 Å². The van der Waals surface area contributed by atoms with Gasteiger partial charge in [0.25, 0.3) is 18.7 Å². The second kappa shape index (κ2) is 9.85. The summed E-state index contributed by atoms with van der Waals surface area (Å²) < 4.78 is 6.28. The molecule has 0 saturated carbocycles. The second-order valence-corrected chi connectivity index (χ2v) is 9.23. The van der Waals surface area contributed by atoms with E-state index >= 15 is 0 Å². The SMILES string of the molecule is COc1ccc(N2CCN3C(=O)C(=O)[N+](CC(=O)N4CCC(Cc5ccccc5)CC4)=NC32)cc1. The fourth-order valence-electron chi connectivity index (χ4n) is 5.07. The Morgan fingerprint density at radius 2 is 1.66 bits per heavy atom.